The van der Waals surface area contributed by atoms with Crippen LogP contribution < -0.4 is 20.7 Å². The van der Waals surface area contributed by atoms with E-state index in [1.807, 2.05) is 24.3 Å². The number of halogens is 2. The molecule has 0 bridgehead atoms. The third-order valence-electron chi connectivity index (χ3n) is 7.50. The molecule has 3 N–H and O–H groups in total. The molecule has 0 fully saturated rings. The van der Waals surface area contributed by atoms with Crippen molar-refractivity contribution < 1.29 is 28.6 Å². The highest BCUT2D eigenvalue weighted by Crippen LogP contribution is 2.43. The van der Waals surface area contributed by atoms with Gasteiger partial charge in [0.1, 0.15) is 6.61 Å². The minimum absolute atomic E-state index is 0.00790. The van der Waals surface area contributed by atoms with Gasteiger partial charge < -0.3 is 35.1 Å². The van der Waals surface area contributed by atoms with Crippen LogP contribution in [0.3, 0.4) is 0 Å². The SMILES string of the molecule is COCCN(CCOC)C(=O)c1cccc(-c2cccc3nc(C)c(OCc4c(Cl)cccc4Cl)c(N(C)C(=O)CNC(N)=O)c23)c1. The summed E-state index contributed by atoms with van der Waals surface area (Å²) in [5.41, 5.74) is 9.19. The number of carbonyl (C=O) groups is 3. The third-order valence-corrected chi connectivity index (χ3v) is 8.20. The predicted molar refractivity (Wildman–Crippen MR) is 183 cm³/mol. The number of fused-ring (bicyclic) bond motifs is 1. The number of pyridine rings is 1. The van der Waals surface area contributed by atoms with E-state index in [9.17, 15) is 14.4 Å². The molecule has 0 aliphatic carbocycles. The van der Waals surface area contributed by atoms with Gasteiger partial charge in [-0.1, -0.05) is 53.5 Å². The van der Waals surface area contributed by atoms with E-state index in [4.69, 9.17) is 48.1 Å². The summed E-state index contributed by atoms with van der Waals surface area (Å²) in [5.74, 6) is -0.323. The number of hydrogen-bond acceptors (Lipinski definition) is 7. The molecule has 0 aliphatic rings. The van der Waals surface area contributed by atoms with Gasteiger partial charge in [-0.25, -0.2) is 9.78 Å². The summed E-state index contributed by atoms with van der Waals surface area (Å²) < 4.78 is 16.8. The number of benzene rings is 3. The van der Waals surface area contributed by atoms with Crippen molar-refractivity contribution in [2.24, 2.45) is 5.73 Å². The second kappa shape index (κ2) is 16.4. The normalized spacial score (nSPS) is 10.9. The van der Waals surface area contributed by atoms with Crippen LogP contribution in [0.2, 0.25) is 10.0 Å². The Balaban J connectivity index is 1.88. The number of anilines is 1. The average Bonchev–Trinajstić information content (AvgIpc) is 3.06. The Labute approximate surface area is 283 Å². The molecule has 47 heavy (non-hydrogen) atoms. The van der Waals surface area contributed by atoms with Gasteiger partial charge in [0.25, 0.3) is 5.91 Å². The van der Waals surface area contributed by atoms with Gasteiger partial charge in [-0.3, -0.25) is 9.59 Å². The van der Waals surface area contributed by atoms with E-state index < -0.39 is 11.9 Å². The number of carbonyl (C=O) groups excluding carboxylic acids is 3. The Morgan fingerprint density at radius 3 is 2.21 bits per heavy atom. The largest absolute Gasteiger partial charge is 0.485 e. The molecule has 248 valence electrons. The van der Waals surface area contributed by atoms with Crippen molar-refractivity contribution in [1.82, 2.24) is 15.2 Å². The molecule has 13 heteroatoms. The van der Waals surface area contributed by atoms with Gasteiger partial charge >= 0.3 is 6.03 Å². The van der Waals surface area contributed by atoms with Gasteiger partial charge in [0.05, 0.1) is 36.7 Å². The zero-order chi connectivity index (χ0) is 34.1. The second-order valence-electron chi connectivity index (χ2n) is 10.6. The molecule has 1 heterocycles. The standard InChI is InChI=1S/C34H37Cl2N5O6/c1-21-32(47-20-25-26(35)11-7-12-27(25)36)31(40(2)29(42)19-38-34(37)44)30-24(10-6-13-28(30)39-21)22-8-5-9-23(18-22)33(43)41(14-16-45-3)15-17-46-4/h5-13,18H,14-17,19-20H2,1-4H3,(H3,37,38,44). The van der Waals surface area contributed by atoms with Crippen LogP contribution in [0.4, 0.5) is 10.5 Å². The first-order valence-electron chi connectivity index (χ1n) is 14.7. The number of ether oxygens (including phenoxy) is 3. The number of rotatable bonds is 14. The lowest BCUT2D eigenvalue weighted by Gasteiger charge is -2.26. The summed E-state index contributed by atoms with van der Waals surface area (Å²) in [4.78, 5) is 46.4. The predicted octanol–water partition coefficient (Wildman–Crippen LogP) is 5.46. The monoisotopic (exact) mass is 681 g/mol. The molecule has 4 amide bonds. The van der Waals surface area contributed by atoms with Crippen LogP contribution in [0, 0.1) is 6.92 Å². The van der Waals surface area contributed by atoms with E-state index in [2.05, 4.69) is 5.32 Å². The van der Waals surface area contributed by atoms with Crippen LogP contribution in [0.15, 0.2) is 60.7 Å². The minimum Gasteiger partial charge on any atom is -0.485 e. The number of urea groups is 1. The summed E-state index contributed by atoms with van der Waals surface area (Å²) >= 11 is 12.9. The van der Waals surface area contributed by atoms with Gasteiger partial charge in [0, 0.05) is 60.9 Å². The zero-order valence-electron chi connectivity index (χ0n) is 26.6. The van der Waals surface area contributed by atoms with E-state index in [1.165, 1.54) is 4.90 Å². The highest BCUT2D eigenvalue weighted by molar-refractivity contribution is 6.36. The summed E-state index contributed by atoms with van der Waals surface area (Å²) in [6, 6.07) is 17.1. The zero-order valence-corrected chi connectivity index (χ0v) is 28.2. The van der Waals surface area contributed by atoms with Gasteiger partial charge in [-0.05, 0) is 48.4 Å². The lowest BCUT2D eigenvalue weighted by molar-refractivity contribution is -0.117. The summed E-state index contributed by atoms with van der Waals surface area (Å²) in [5, 5.41) is 3.79. The van der Waals surface area contributed by atoms with Crippen molar-refractivity contribution in [3.8, 4) is 16.9 Å². The first-order chi connectivity index (χ1) is 22.6. The van der Waals surface area contributed by atoms with Gasteiger partial charge in [-0.2, -0.15) is 0 Å². The molecular weight excluding hydrogens is 645 g/mol. The number of amides is 4. The number of aromatic nitrogens is 1. The molecular formula is C34H37Cl2N5O6. The number of nitrogens with zero attached hydrogens (tertiary/aromatic N) is 3. The van der Waals surface area contributed by atoms with Gasteiger partial charge in [0.15, 0.2) is 5.75 Å². The van der Waals surface area contributed by atoms with Crippen molar-refractivity contribution in [2.75, 3.05) is 59.0 Å². The molecule has 1 aromatic heterocycles. The van der Waals surface area contributed by atoms with Crippen LogP contribution in [0.25, 0.3) is 22.0 Å². The van der Waals surface area contributed by atoms with Crippen LogP contribution >= 0.6 is 23.2 Å². The molecule has 0 unspecified atom stereocenters. The lowest BCUT2D eigenvalue weighted by atomic mass is 9.96. The molecule has 0 aliphatic heterocycles. The highest BCUT2D eigenvalue weighted by atomic mass is 35.5. The summed E-state index contributed by atoms with van der Waals surface area (Å²) in [6.45, 7) is 2.95. The maximum atomic E-state index is 13.6. The summed E-state index contributed by atoms with van der Waals surface area (Å²) in [7, 11) is 4.75. The molecule has 4 rings (SSSR count). The number of hydrogen-bond donors (Lipinski definition) is 2. The van der Waals surface area contributed by atoms with E-state index in [0.29, 0.717) is 86.6 Å². The minimum atomic E-state index is -0.834. The first-order valence-corrected chi connectivity index (χ1v) is 15.5. The van der Waals surface area contributed by atoms with Crippen molar-refractivity contribution in [3.05, 3.63) is 87.5 Å². The first kappa shape index (κ1) is 35.4. The molecule has 0 saturated carbocycles. The fraction of sp³-hybridized carbons (Fsp3) is 0.294. The Kier molecular flexibility index (Phi) is 12.4. The van der Waals surface area contributed by atoms with E-state index in [-0.39, 0.29) is 19.1 Å². The molecule has 0 radical (unpaired) electrons. The summed E-state index contributed by atoms with van der Waals surface area (Å²) in [6.07, 6.45) is 0. The van der Waals surface area contributed by atoms with Crippen molar-refractivity contribution in [2.45, 2.75) is 13.5 Å². The molecule has 0 atom stereocenters. The topological polar surface area (TPSA) is 136 Å². The fourth-order valence-electron chi connectivity index (χ4n) is 5.07. The third kappa shape index (κ3) is 8.49. The smallest absolute Gasteiger partial charge is 0.312 e. The molecule has 11 nitrogen and oxygen atoms in total. The van der Waals surface area contributed by atoms with Crippen LogP contribution in [-0.4, -0.2) is 81.8 Å². The Bertz CT molecular complexity index is 1740. The van der Waals surface area contributed by atoms with Gasteiger partial charge in [0.2, 0.25) is 5.91 Å². The molecule has 4 aromatic rings. The number of nitrogens with two attached hydrogens (primary N) is 1. The lowest BCUT2D eigenvalue weighted by Crippen LogP contribution is -2.40. The maximum absolute atomic E-state index is 13.6. The number of likely N-dealkylation sites (N-methyl/N-ethyl adjacent to an activating group) is 1. The molecule has 0 spiro atoms. The van der Waals surface area contributed by atoms with Crippen molar-refractivity contribution in [1.29, 1.82) is 0 Å². The van der Waals surface area contributed by atoms with E-state index >= 15 is 0 Å². The fourth-order valence-corrected chi connectivity index (χ4v) is 5.58. The van der Waals surface area contributed by atoms with Crippen LogP contribution in [-0.2, 0) is 20.9 Å². The van der Waals surface area contributed by atoms with E-state index in [0.717, 1.165) is 0 Å². The van der Waals surface area contributed by atoms with Crippen LogP contribution in [0.1, 0.15) is 21.6 Å². The number of primary amides is 1. The number of methoxy groups -OCH3 is 2. The average molecular weight is 683 g/mol. The molecule has 3 aromatic carbocycles. The number of aryl methyl sites for hydroxylation is 1. The van der Waals surface area contributed by atoms with Crippen molar-refractivity contribution in [3.63, 3.8) is 0 Å². The van der Waals surface area contributed by atoms with Crippen molar-refractivity contribution >= 4 is 57.6 Å². The molecule has 0 saturated heterocycles. The van der Waals surface area contributed by atoms with Crippen LogP contribution in [0.5, 0.6) is 5.75 Å². The Morgan fingerprint density at radius 2 is 1.57 bits per heavy atom. The maximum Gasteiger partial charge on any atom is 0.312 e. The van der Waals surface area contributed by atoms with E-state index in [1.54, 1.807) is 69.5 Å². The highest BCUT2D eigenvalue weighted by Gasteiger charge is 2.25. The Morgan fingerprint density at radius 1 is 0.936 bits per heavy atom. The quantitative estimate of drug-likeness (QED) is 0.180. The van der Waals surface area contributed by atoms with Gasteiger partial charge in [-0.15, -0.1) is 0 Å². The number of nitrogens with one attached hydrogen (secondary N) is 1. The Hall–Kier alpha value is -4.42. The second-order valence-corrected chi connectivity index (χ2v) is 11.4.